The lowest BCUT2D eigenvalue weighted by Crippen LogP contribution is -2.61. The van der Waals surface area contributed by atoms with E-state index in [0.29, 0.717) is 24.4 Å². The number of carbonyl (C=O) groups excluding carboxylic acids is 2. The summed E-state index contributed by atoms with van der Waals surface area (Å²) in [5.74, 6) is 0.158. The molecule has 0 unspecified atom stereocenters. The smallest absolute Gasteiger partial charge is 0.356 e. The molecule has 0 spiro atoms. The lowest BCUT2D eigenvalue weighted by Gasteiger charge is -2.44. The van der Waals surface area contributed by atoms with Gasteiger partial charge in [-0.2, -0.15) is 0 Å². The summed E-state index contributed by atoms with van der Waals surface area (Å²) in [4.78, 5) is 27.4. The Morgan fingerprint density at radius 3 is 2.70 bits per heavy atom. The Morgan fingerprint density at radius 1 is 1.41 bits per heavy atom. The molecule has 7 nitrogen and oxygen atoms in total. The van der Waals surface area contributed by atoms with Crippen LogP contribution in [0.5, 0.6) is 5.75 Å². The lowest BCUT2D eigenvalue weighted by atomic mass is 9.83. The van der Waals surface area contributed by atoms with Gasteiger partial charge in [0.15, 0.2) is 0 Å². The van der Waals surface area contributed by atoms with Gasteiger partial charge in [0.25, 0.3) is 0 Å². The molecule has 0 aliphatic carbocycles. The first kappa shape index (κ1) is 19.7. The third-order valence-electron chi connectivity index (χ3n) is 4.80. The van der Waals surface area contributed by atoms with E-state index in [4.69, 9.17) is 15.2 Å². The van der Waals surface area contributed by atoms with Gasteiger partial charge in [-0.05, 0) is 24.6 Å². The van der Waals surface area contributed by atoms with Crippen molar-refractivity contribution in [3.05, 3.63) is 40.4 Å². The third kappa shape index (κ3) is 3.83. The summed E-state index contributed by atoms with van der Waals surface area (Å²) in [5, 5.41) is 9.85. The standard InChI is InChI=1S/C19H24N2O5S/c1-11(22)16-14-9-15(27-8-7-20)17(21(14)18(16)23)19(24)26-10-12-3-5-13(25-2)6-4-12/h3-6,11,14,16,22H,7-10,20H2,1-2H3/t11-,14-,16-/m1/s1. The Morgan fingerprint density at radius 2 is 2.11 bits per heavy atom. The minimum absolute atomic E-state index is 0.105. The molecule has 2 aliphatic heterocycles. The molecule has 146 valence electrons. The van der Waals surface area contributed by atoms with Gasteiger partial charge in [0.05, 0.1) is 25.2 Å². The first-order valence-corrected chi connectivity index (χ1v) is 9.83. The van der Waals surface area contributed by atoms with Gasteiger partial charge in [-0.15, -0.1) is 11.8 Å². The van der Waals surface area contributed by atoms with Gasteiger partial charge in [0.1, 0.15) is 18.1 Å². The molecule has 1 saturated heterocycles. The number of fused-ring (bicyclic) bond motifs is 1. The van der Waals surface area contributed by atoms with E-state index in [9.17, 15) is 14.7 Å². The molecule has 1 aromatic rings. The van der Waals surface area contributed by atoms with Gasteiger partial charge >= 0.3 is 5.97 Å². The molecule has 3 N–H and O–H groups in total. The molecule has 1 aromatic carbocycles. The number of nitrogens with two attached hydrogens (primary N) is 1. The number of hydrogen-bond donors (Lipinski definition) is 2. The Bertz CT molecular complexity index is 747. The minimum Gasteiger partial charge on any atom is -0.497 e. The molecule has 8 heteroatoms. The van der Waals surface area contributed by atoms with Crippen molar-refractivity contribution in [1.29, 1.82) is 0 Å². The van der Waals surface area contributed by atoms with Gasteiger partial charge in [0.2, 0.25) is 5.91 Å². The highest BCUT2D eigenvalue weighted by Gasteiger charge is 2.56. The van der Waals surface area contributed by atoms with Gasteiger partial charge in [-0.1, -0.05) is 12.1 Å². The molecule has 0 radical (unpaired) electrons. The summed E-state index contributed by atoms with van der Waals surface area (Å²) in [6, 6.07) is 7.05. The molecule has 27 heavy (non-hydrogen) atoms. The molecule has 2 aliphatic rings. The normalized spacial score (nSPS) is 22.4. The van der Waals surface area contributed by atoms with Crippen molar-refractivity contribution in [2.45, 2.75) is 32.1 Å². The fraction of sp³-hybridized carbons (Fsp3) is 0.474. The second kappa shape index (κ2) is 8.33. The van der Waals surface area contributed by atoms with Crippen molar-refractivity contribution in [2.75, 3.05) is 19.4 Å². The molecular weight excluding hydrogens is 368 g/mol. The monoisotopic (exact) mass is 392 g/mol. The first-order valence-electron chi connectivity index (χ1n) is 8.85. The van der Waals surface area contributed by atoms with Crippen molar-refractivity contribution >= 4 is 23.6 Å². The topological polar surface area (TPSA) is 102 Å². The molecule has 2 heterocycles. The van der Waals surface area contributed by atoms with Crippen molar-refractivity contribution in [2.24, 2.45) is 11.7 Å². The van der Waals surface area contributed by atoms with Crippen LogP contribution >= 0.6 is 11.8 Å². The predicted octanol–water partition coefficient (Wildman–Crippen LogP) is 1.25. The Hall–Kier alpha value is -2.03. The van der Waals surface area contributed by atoms with Crippen LogP contribution in [0, 0.1) is 5.92 Å². The summed E-state index contributed by atoms with van der Waals surface area (Å²) in [6.07, 6.45) is -0.187. The van der Waals surface area contributed by atoms with E-state index in [2.05, 4.69) is 0 Å². The van der Waals surface area contributed by atoms with E-state index in [1.807, 2.05) is 12.1 Å². The maximum Gasteiger partial charge on any atom is 0.356 e. The molecule has 1 amide bonds. The Labute approximate surface area is 162 Å². The van der Waals surface area contributed by atoms with Crippen LogP contribution in [-0.4, -0.2) is 53.4 Å². The summed E-state index contributed by atoms with van der Waals surface area (Å²) in [7, 11) is 1.59. The lowest BCUT2D eigenvalue weighted by molar-refractivity contribution is -0.162. The second-order valence-corrected chi connectivity index (χ2v) is 7.77. The number of methoxy groups -OCH3 is 1. The Kier molecular flexibility index (Phi) is 6.08. The number of amides is 1. The minimum atomic E-state index is -0.742. The fourth-order valence-electron chi connectivity index (χ4n) is 3.47. The van der Waals surface area contributed by atoms with Crippen molar-refractivity contribution in [1.82, 2.24) is 4.90 Å². The second-order valence-electron chi connectivity index (χ2n) is 6.58. The van der Waals surface area contributed by atoms with Gasteiger partial charge in [-0.25, -0.2) is 4.79 Å². The number of esters is 1. The van der Waals surface area contributed by atoms with Gasteiger partial charge in [-0.3, -0.25) is 4.79 Å². The van der Waals surface area contributed by atoms with Gasteiger partial charge < -0.3 is 25.2 Å². The van der Waals surface area contributed by atoms with Crippen molar-refractivity contribution < 1.29 is 24.2 Å². The number of nitrogens with zero attached hydrogens (tertiary/aromatic N) is 1. The largest absolute Gasteiger partial charge is 0.497 e. The molecule has 0 saturated carbocycles. The number of hydrogen-bond acceptors (Lipinski definition) is 7. The number of carbonyl (C=O) groups is 2. The number of rotatable bonds is 8. The quantitative estimate of drug-likeness (QED) is 0.507. The number of aliphatic hydroxyl groups is 1. The molecule has 3 atom stereocenters. The average molecular weight is 392 g/mol. The highest BCUT2D eigenvalue weighted by molar-refractivity contribution is 8.03. The van der Waals surface area contributed by atoms with Crippen LogP contribution < -0.4 is 10.5 Å². The van der Waals surface area contributed by atoms with Crippen LogP contribution in [0.2, 0.25) is 0 Å². The number of β-lactam (4-membered cyclic amide) rings is 1. The zero-order valence-electron chi connectivity index (χ0n) is 15.4. The summed E-state index contributed by atoms with van der Waals surface area (Å²) in [6.45, 7) is 2.18. The van der Waals surface area contributed by atoms with Crippen LogP contribution in [0.4, 0.5) is 0 Å². The zero-order valence-corrected chi connectivity index (χ0v) is 16.2. The molecule has 0 bridgehead atoms. The first-order chi connectivity index (χ1) is 13.0. The SMILES string of the molecule is COc1ccc(COC(=O)C2=C(SCCN)C[C@@H]3[C@@H]([C@@H](C)O)C(=O)N23)cc1. The van der Waals surface area contributed by atoms with E-state index in [-0.39, 0.29) is 18.6 Å². The maximum absolute atomic E-state index is 12.7. The zero-order chi connectivity index (χ0) is 19.6. The maximum atomic E-state index is 12.7. The van der Waals surface area contributed by atoms with Crippen LogP contribution in [0.3, 0.4) is 0 Å². The highest BCUT2D eigenvalue weighted by atomic mass is 32.2. The van der Waals surface area contributed by atoms with Crippen molar-refractivity contribution in [3.8, 4) is 5.75 Å². The highest BCUT2D eigenvalue weighted by Crippen LogP contribution is 2.47. The molecule has 0 aromatic heterocycles. The number of ether oxygens (including phenoxy) is 2. The van der Waals surface area contributed by atoms with Crippen LogP contribution in [-0.2, 0) is 20.9 Å². The fourth-order valence-corrected chi connectivity index (χ4v) is 4.44. The van der Waals surface area contributed by atoms with Crippen molar-refractivity contribution in [3.63, 3.8) is 0 Å². The number of thioether (sulfide) groups is 1. The Balaban J connectivity index is 1.72. The van der Waals surface area contributed by atoms with Crippen LogP contribution in [0.1, 0.15) is 18.9 Å². The van der Waals surface area contributed by atoms with Gasteiger partial charge in [0, 0.05) is 23.6 Å². The molecular formula is C19H24N2O5S. The van der Waals surface area contributed by atoms with E-state index in [0.717, 1.165) is 16.2 Å². The predicted molar refractivity (Wildman–Crippen MR) is 102 cm³/mol. The summed E-state index contributed by atoms with van der Waals surface area (Å²) >= 11 is 1.47. The third-order valence-corrected chi connectivity index (χ3v) is 5.95. The average Bonchev–Trinajstić information content (AvgIpc) is 2.98. The summed E-state index contributed by atoms with van der Waals surface area (Å²) in [5.41, 5.74) is 6.71. The van der Waals surface area contributed by atoms with E-state index in [1.165, 1.54) is 16.7 Å². The van der Waals surface area contributed by atoms with Crippen LogP contribution in [0.15, 0.2) is 34.9 Å². The van der Waals surface area contributed by atoms with E-state index in [1.54, 1.807) is 26.2 Å². The summed E-state index contributed by atoms with van der Waals surface area (Å²) < 4.78 is 10.6. The van der Waals surface area contributed by atoms with E-state index < -0.39 is 18.0 Å². The van der Waals surface area contributed by atoms with E-state index >= 15 is 0 Å². The molecule has 1 fully saturated rings. The number of aliphatic hydroxyl groups excluding tert-OH is 1. The number of benzene rings is 1. The molecule has 3 rings (SSSR count). The van der Waals surface area contributed by atoms with Crippen LogP contribution in [0.25, 0.3) is 0 Å².